The first-order valence-corrected chi connectivity index (χ1v) is 6.70. The smallest absolute Gasteiger partial charge is 0.338 e. The summed E-state index contributed by atoms with van der Waals surface area (Å²) in [5.41, 5.74) is -0.607. The average Bonchev–Trinajstić information content (AvgIpc) is 2.71. The number of alkyl halides is 3. The largest absolute Gasteiger partial charge is 0.435 e. The van der Waals surface area contributed by atoms with Gasteiger partial charge in [-0.1, -0.05) is 0 Å². The highest BCUT2D eigenvalue weighted by atomic mass is 19.4. The second-order valence-corrected chi connectivity index (χ2v) is 5.26. The van der Waals surface area contributed by atoms with E-state index in [1.807, 2.05) is 6.92 Å². The van der Waals surface area contributed by atoms with Crippen LogP contribution in [0.3, 0.4) is 0 Å². The minimum Gasteiger partial charge on any atom is -0.338 e. The Balaban J connectivity index is 2.10. The number of amides is 1. The molecule has 1 atom stereocenters. The highest BCUT2D eigenvalue weighted by molar-refractivity contribution is 5.76. The minimum absolute atomic E-state index is 0.133. The second-order valence-electron chi connectivity index (χ2n) is 5.26. The van der Waals surface area contributed by atoms with Crippen molar-refractivity contribution in [2.45, 2.75) is 51.9 Å². The summed E-state index contributed by atoms with van der Waals surface area (Å²) >= 11 is 0. The molecule has 1 aliphatic rings. The van der Waals surface area contributed by atoms with E-state index in [0.29, 0.717) is 12.2 Å². The maximum atomic E-state index is 12.6. The Bertz CT molecular complexity index is 496. The van der Waals surface area contributed by atoms with Gasteiger partial charge in [0.05, 0.1) is 0 Å². The van der Waals surface area contributed by atoms with Gasteiger partial charge in [0.25, 0.3) is 0 Å². The Hall–Kier alpha value is -1.53. The van der Waals surface area contributed by atoms with E-state index >= 15 is 0 Å². The van der Waals surface area contributed by atoms with Gasteiger partial charge in [-0.15, -0.1) is 0 Å². The predicted octanol–water partition coefficient (Wildman–Crippen LogP) is 2.61. The van der Waals surface area contributed by atoms with Crippen LogP contribution in [0.1, 0.15) is 37.6 Å². The van der Waals surface area contributed by atoms with Gasteiger partial charge in [0.2, 0.25) is 5.91 Å². The molecule has 1 amide bonds. The monoisotopic (exact) mass is 289 g/mol. The van der Waals surface area contributed by atoms with Crippen LogP contribution in [0.25, 0.3) is 0 Å². The molecule has 2 heterocycles. The van der Waals surface area contributed by atoms with Gasteiger partial charge < -0.3 is 4.90 Å². The van der Waals surface area contributed by atoms with Crippen molar-refractivity contribution in [1.29, 1.82) is 0 Å². The number of carbonyl (C=O) groups is 1. The summed E-state index contributed by atoms with van der Waals surface area (Å²) in [4.78, 5) is 13.9. The lowest BCUT2D eigenvalue weighted by molar-refractivity contribution is -0.142. The normalized spacial score (nSPS) is 20.2. The molecule has 1 saturated heterocycles. The number of piperidine rings is 1. The Morgan fingerprint density at radius 2 is 2.15 bits per heavy atom. The average molecular weight is 289 g/mol. The first kappa shape index (κ1) is 14.9. The zero-order valence-electron chi connectivity index (χ0n) is 11.6. The Kier molecular flexibility index (Phi) is 4.06. The molecule has 1 aromatic heterocycles. The third-order valence-electron chi connectivity index (χ3n) is 3.68. The molecule has 0 aliphatic carbocycles. The van der Waals surface area contributed by atoms with Gasteiger partial charge in [0, 0.05) is 18.3 Å². The molecule has 2 rings (SSSR count). The molecule has 0 radical (unpaired) electrons. The third-order valence-corrected chi connectivity index (χ3v) is 3.68. The highest BCUT2D eigenvalue weighted by Crippen LogP contribution is 2.28. The van der Waals surface area contributed by atoms with Crippen molar-refractivity contribution in [3.8, 4) is 0 Å². The lowest BCUT2D eigenvalue weighted by Gasteiger charge is -2.33. The van der Waals surface area contributed by atoms with E-state index in [0.717, 1.165) is 30.0 Å². The second kappa shape index (κ2) is 5.46. The minimum atomic E-state index is -4.47. The third kappa shape index (κ3) is 3.13. The maximum absolute atomic E-state index is 12.6. The highest BCUT2D eigenvalue weighted by Gasteiger charge is 2.34. The quantitative estimate of drug-likeness (QED) is 0.839. The molecule has 1 aliphatic heterocycles. The van der Waals surface area contributed by atoms with Gasteiger partial charge in [-0.2, -0.15) is 18.3 Å². The molecule has 4 nitrogen and oxygen atoms in total. The molecule has 0 aromatic carbocycles. The summed E-state index contributed by atoms with van der Waals surface area (Å²) in [7, 11) is 0. The van der Waals surface area contributed by atoms with Crippen LogP contribution in [0.5, 0.6) is 0 Å². The van der Waals surface area contributed by atoms with Crippen molar-refractivity contribution in [1.82, 2.24) is 14.7 Å². The molecule has 112 valence electrons. The fourth-order valence-electron chi connectivity index (χ4n) is 2.50. The number of aryl methyl sites for hydroxylation is 1. The number of halogens is 3. The van der Waals surface area contributed by atoms with Crippen molar-refractivity contribution < 1.29 is 18.0 Å². The van der Waals surface area contributed by atoms with Crippen molar-refractivity contribution in [3.05, 3.63) is 17.5 Å². The van der Waals surface area contributed by atoms with Crippen LogP contribution in [0.4, 0.5) is 13.2 Å². The topological polar surface area (TPSA) is 38.1 Å². The number of carbonyl (C=O) groups excluding carboxylic acids is 1. The predicted molar refractivity (Wildman–Crippen MR) is 67.0 cm³/mol. The van der Waals surface area contributed by atoms with Crippen molar-refractivity contribution in [3.63, 3.8) is 0 Å². The van der Waals surface area contributed by atoms with Gasteiger partial charge in [-0.3, -0.25) is 9.48 Å². The molecule has 0 unspecified atom stereocenters. The van der Waals surface area contributed by atoms with Crippen molar-refractivity contribution in [2.75, 3.05) is 6.54 Å². The molecular weight excluding hydrogens is 271 g/mol. The molecule has 7 heteroatoms. The maximum Gasteiger partial charge on any atom is 0.435 e. The van der Waals surface area contributed by atoms with Crippen LogP contribution in [0, 0.1) is 6.92 Å². The van der Waals surface area contributed by atoms with Gasteiger partial charge in [0.15, 0.2) is 5.69 Å². The van der Waals surface area contributed by atoms with Crippen LogP contribution in [0.15, 0.2) is 6.07 Å². The molecular formula is C13H18F3N3O. The number of aromatic nitrogens is 2. The zero-order valence-corrected chi connectivity index (χ0v) is 11.6. The van der Waals surface area contributed by atoms with E-state index in [-0.39, 0.29) is 18.5 Å². The van der Waals surface area contributed by atoms with Crippen LogP contribution < -0.4 is 0 Å². The van der Waals surface area contributed by atoms with E-state index in [2.05, 4.69) is 5.10 Å². The molecule has 1 aromatic rings. The van der Waals surface area contributed by atoms with E-state index < -0.39 is 11.9 Å². The number of hydrogen-bond acceptors (Lipinski definition) is 2. The van der Waals surface area contributed by atoms with E-state index in [1.165, 1.54) is 6.92 Å². The van der Waals surface area contributed by atoms with Gasteiger partial charge in [-0.05, 0) is 39.2 Å². The van der Waals surface area contributed by atoms with Gasteiger partial charge >= 0.3 is 6.18 Å². The first-order valence-electron chi connectivity index (χ1n) is 6.70. The van der Waals surface area contributed by atoms with Gasteiger partial charge in [0.1, 0.15) is 6.54 Å². The Labute approximate surface area is 115 Å². The summed E-state index contributed by atoms with van der Waals surface area (Å²) in [6.07, 6.45) is -1.50. The van der Waals surface area contributed by atoms with Crippen LogP contribution >= 0.6 is 0 Å². The van der Waals surface area contributed by atoms with Crippen molar-refractivity contribution >= 4 is 5.91 Å². The van der Waals surface area contributed by atoms with Crippen molar-refractivity contribution in [2.24, 2.45) is 0 Å². The molecule has 20 heavy (non-hydrogen) atoms. The number of hydrogen-bond donors (Lipinski definition) is 0. The van der Waals surface area contributed by atoms with E-state index in [9.17, 15) is 18.0 Å². The van der Waals surface area contributed by atoms with E-state index in [4.69, 9.17) is 0 Å². The fourth-order valence-corrected chi connectivity index (χ4v) is 2.50. The van der Waals surface area contributed by atoms with Crippen LogP contribution in [-0.2, 0) is 17.5 Å². The molecule has 1 fully saturated rings. The SMILES string of the molecule is Cc1cc(C(F)(F)F)nn1CC(=O)N1CCCC[C@@H]1C. The number of nitrogens with zero attached hydrogens (tertiary/aromatic N) is 3. The van der Waals surface area contributed by atoms with E-state index in [1.54, 1.807) is 4.90 Å². The molecule has 0 bridgehead atoms. The summed E-state index contributed by atoms with van der Waals surface area (Å²) in [5, 5.41) is 3.49. The fraction of sp³-hybridized carbons (Fsp3) is 0.692. The summed E-state index contributed by atoms with van der Waals surface area (Å²) in [6.45, 7) is 4.03. The summed E-state index contributed by atoms with van der Waals surface area (Å²) < 4.78 is 38.8. The Morgan fingerprint density at radius 3 is 2.70 bits per heavy atom. The molecule has 0 saturated carbocycles. The van der Waals surface area contributed by atoms with Crippen LogP contribution in [-0.4, -0.2) is 33.2 Å². The Morgan fingerprint density at radius 1 is 1.45 bits per heavy atom. The first-order chi connectivity index (χ1) is 9.29. The van der Waals surface area contributed by atoms with Crippen LogP contribution in [0.2, 0.25) is 0 Å². The zero-order chi connectivity index (χ0) is 14.9. The number of rotatable bonds is 2. The number of likely N-dealkylation sites (tertiary alicyclic amines) is 1. The lowest BCUT2D eigenvalue weighted by atomic mass is 10.0. The standard InChI is InChI=1S/C13H18F3N3O/c1-9-5-3-4-6-18(9)12(20)8-19-10(2)7-11(17-19)13(14,15)16/h7,9H,3-6,8H2,1-2H3/t9-/m0/s1. The van der Waals surface area contributed by atoms with Gasteiger partial charge in [-0.25, -0.2) is 0 Å². The summed E-state index contributed by atoms with van der Waals surface area (Å²) in [5.74, 6) is -0.169. The molecule has 0 N–H and O–H groups in total. The molecule has 0 spiro atoms. The summed E-state index contributed by atoms with van der Waals surface area (Å²) in [6, 6.07) is 1.11. The lowest BCUT2D eigenvalue weighted by Crippen LogP contribution is -2.43.